The molecular weight excluding hydrogens is 332 g/mol. The lowest BCUT2D eigenvalue weighted by atomic mass is 10.1. The van der Waals surface area contributed by atoms with Crippen LogP contribution in [0.3, 0.4) is 0 Å². The van der Waals surface area contributed by atoms with E-state index >= 15 is 0 Å². The summed E-state index contributed by atoms with van der Waals surface area (Å²) >= 11 is 0. The molecule has 2 fully saturated rings. The summed E-state index contributed by atoms with van der Waals surface area (Å²) in [5, 5.41) is 0. The molecule has 0 bridgehead atoms. The number of piperazine rings is 1. The minimum atomic E-state index is -0.298. The molecule has 1 aliphatic carbocycles. The number of hydrogen-bond acceptors (Lipinski definition) is 5. The average Bonchev–Trinajstić information content (AvgIpc) is 3.29. The highest BCUT2D eigenvalue weighted by atomic mass is 16.5. The van der Waals surface area contributed by atoms with E-state index in [4.69, 9.17) is 4.74 Å². The first kappa shape index (κ1) is 17.0. The second-order valence-corrected chi connectivity index (χ2v) is 6.98. The molecule has 3 aliphatic rings. The fraction of sp³-hybridized carbons (Fsp3) is 0.450. The molecule has 136 valence electrons. The maximum atomic E-state index is 12.7. The van der Waals surface area contributed by atoms with E-state index in [1.54, 1.807) is 24.3 Å². The highest BCUT2D eigenvalue weighted by Crippen LogP contribution is 2.29. The summed E-state index contributed by atoms with van der Waals surface area (Å²) in [6.45, 7) is 4.88. The number of Topliss-reactive ketones (excluding diaryl/α,β-unsaturated/α-hetero) is 2. The summed E-state index contributed by atoms with van der Waals surface area (Å²) in [6, 6.07) is 6.96. The van der Waals surface area contributed by atoms with Crippen LogP contribution in [0.15, 0.2) is 35.5 Å². The SMILES string of the molecule is CC(=C1C(=O)c2ccccc2C1=O)N1CCN(C(=O)[C@H]2CCCO2)CC1. The van der Waals surface area contributed by atoms with Crippen molar-refractivity contribution in [2.45, 2.75) is 25.9 Å². The van der Waals surface area contributed by atoms with E-state index in [-0.39, 0.29) is 29.2 Å². The molecule has 0 aromatic heterocycles. The first-order chi connectivity index (χ1) is 12.6. The van der Waals surface area contributed by atoms with Gasteiger partial charge >= 0.3 is 0 Å². The maximum Gasteiger partial charge on any atom is 0.251 e. The monoisotopic (exact) mass is 354 g/mol. The Bertz CT molecular complexity index is 763. The van der Waals surface area contributed by atoms with E-state index in [1.165, 1.54) is 0 Å². The Kier molecular flexibility index (Phi) is 4.36. The zero-order valence-corrected chi connectivity index (χ0v) is 14.9. The van der Waals surface area contributed by atoms with Crippen LogP contribution < -0.4 is 0 Å². The summed E-state index contributed by atoms with van der Waals surface area (Å²) < 4.78 is 5.48. The second-order valence-electron chi connectivity index (χ2n) is 6.98. The van der Waals surface area contributed by atoms with Gasteiger partial charge in [0.05, 0.1) is 5.57 Å². The fourth-order valence-electron chi connectivity index (χ4n) is 3.98. The van der Waals surface area contributed by atoms with Crippen LogP contribution in [-0.4, -0.2) is 66.2 Å². The van der Waals surface area contributed by atoms with Crippen molar-refractivity contribution < 1.29 is 19.1 Å². The highest BCUT2D eigenvalue weighted by molar-refractivity contribution is 6.39. The van der Waals surface area contributed by atoms with Crippen molar-refractivity contribution in [3.05, 3.63) is 46.7 Å². The lowest BCUT2D eigenvalue weighted by Gasteiger charge is -2.37. The van der Waals surface area contributed by atoms with Gasteiger partial charge in [-0.15, -0.1) is 0 Å². The summed E-state index contributed by atoms with van der Waals surface area (Å²) in [4.78, 5) is 41.6. The molecule has 1 atom stereocenters. The number of amides is 1. The van der Waals surface area contributed by atoms with E-state index in [0.717, 1.165) is 12.8 Å². The van der Waals surface area contributed by atoms with Crippen molar-refractivity contribution in [3.8, 4) is 0 Å². The lowest BCUT2D eigenvalue weighted by Crippen LogP contribution is -2.51. The number of ether oxygens (including phenoxy) is 1. The minimum absolute atomic E-state index is 0.0629. The molecule has 0 unspecified atom stereocenters. The predicted molar refractivity (Wildman–Crippen MR) is 94.9 cm³/mol. The van der Waals surface area contributed by atoms with Gasteiger partial charge in [-0.1, -0.05) is 24.3 Å². The predicted octanol–water partition coefficient (Wildman–Crippen LogP) is 1.66. The Morgan fingerprint density at radius 3 is 2.12 bits per heavy atom. The van der Waals surface area contributed by atoms with E-state index in [0.29, 0.717) is 49.6 Å². The largest absolute Gasteiger partial charge is 0.371 e. The van der Waals surface area contributed by atoms with Gasteiger partial charge in [-0.25, -0.2) is 0 Å². The number of hydrogen-bond donors (Lipinski definition) is 0. The van der Waals surface area contributed by atoms with Crippen molar-refractivity contribution >= 4 is 17.5 Å². The summed E-state index contributed by atoms with van der Waals surface area (Å²) in [7, 11) is 0. The summed E-state index contributed by atoms with van der Waals surface area (Å²) in [5.74, 6) is -0.324. The van der Waals surface area contributed by atoms with Crippen molar-refractivity contribution in [3.63, 3.8) is 0 Å². The lowest BCUT2D eigenvalue weighted by molar-refractivity contribution is -0.142. The molecule has 0 saturated carbocycles. The third-order valence-electron chi connectivity index (χ3n) is 5.50. The van der Waals surface area contributed by atoms with Crippen LogP contribution in [0.25, 0.3) is 0 Å². The van der Waals surface area contributed by atoms with Gasteiger partial charge in [-0.3, -0.25) is 14.4 Å². The van der Waals surface area contributed by atoms with E-state index in [9.17, 15) is 14.4 Å². The Hall–Kier alpha value is -2.47. The van der Waals surface area contributed by atoms with E-state index in [2.05, 4.69) is 0 Å². The molecule has 6 nitrogen and oxygen atoms in total. The molecular formula is C20H22N2O4. The van der Waals surface area contributed by atoms with Gasteiger partial charge in [0, 0.05) is 49.6 Å². The van der Waals surface area contributed by atoms with Gasteiger partial charge in [0.1, 0.15) is 6.10 Å². The Morgan fingerprint density at radius 1 is 1.00 bits per heavy atom. The molecule has 1 aromatic rings. The van der Waals surface area contributed by atoms with Crippen LogP contribution in [0.2, 0.25) is 0 Å². The third kappa shape index (κ3) is 2.74. The van der Waals surface area contributed by atoms with Crippen molar-refractivity contribution in [1.82, 2.24) is 9.80 Å². The molecule has 6 heteroatoms. The second kappa shape index (κ2) is 6.68. The maximum absolute atomic E-state index is 12.7. The number of nitrogens with zero attached hydrogens (tertiary/aromatic N) is 2. The topological polar surface area (TPSA) is 66.9 Å². The zero-order valence-electron chi connectivity index (χ0n) is 14.9. The van der Waals surface area contributed by atoms with Crippen LogP contribution in [0.1, 0.15) is 40.5 Å². The fourth-order valence-corrected chi connectivity index (χ4v) is 3.98. The third-order valence-corrected chi connectivity index (χ3v) is 5.50. The van der Waals surface area contributed by atoms with Crippen LogP contribution in [0.4, 0.5) is 0 Å². The summed E-state index contributed by atoms with van der Waals surface area (Å²) in [6.07, 6.45) is 1.43. The van der Waals surface area contributed by atoms with Gasteiger partial charge in [-0.05, 0) is 19.8 Å². The van der Waals surface area contributed by atoms with Gasteiger partial charge in [0.2, 0.25) is 0 Å². The normalized spacial score (nSPS) is 22.8. The quantitative estimate of drug-likeness (QED) is 0.597. The average molecular weight is 354 g/mol. The highest BCUT2D eigenvalue weighted by Gasteiger charge is 2.36. The zero-order chi connectivity index (χ0) is 18.3. The molecule has 0 radical (unpaired) electrons. The number of ketones is 2. The number of carbonyl (C=O) groups excluding carboxylic acids is 3. The van der Waals surface area contributed by atoms with E-state index < -0.39 is 0 Å². The smallest absolute Gasteiger partial charge is 0.251 e. The van der Waals surface area contributed by atoms with Crippen LogP contribution in [0, 0.1) is 0 Å². The molecule has 1 amide bonds. The molecule has 2 aliphatic heterocycles. The van der Waals surface area contributed by atoms with Crippen LogP contribution >= 0.6 is 0 Å². The molecule has 2 heterocycles. The van der Waals surface area contributed by atoms with Crippen molar-refractivity contribution in [1.29, 1.82) is 0 Å². The molecule has 26 heavy (non-hydrogen) atoms. The van der Waals surface area contributed by atoms with Crippen LogP contribution in [-0.2, 0) is 9.53 Å². The molecule has 0 spiro atoms. The Balaban J connectivity index is 1.48. The van der Waals surface area contributed by atoms with Gasteiger partial charge in [0.25, 0.3) is 5.91 Å². The number of allylic oxidation sites excluding steroid dienone is 2. The first-order valence-corrected chi connectivity index (χ1v) is 9.12. The summed E-state index contributed by atoms with van der Waals surface area (Å²) in [5.41, 5.74) is 1.95. The van der Waals surface area contributed by atoms with Gasteiger partial charge in [-0.2, -0.15) is 0 Å². The van der Waals surface area contributed by atoms with Gasteiger partial charge in [0.15, 0.2) is 11.6 Å². The first-order valence-electron chi connectivity index (χ1n) is 9.12. The van der Waals surface area contributed by atoms with Crippen molar-refractivity contribution in [2.75, 3.05) is 32.8 Å². The number of carbonyl (C=O) groups is 3. The molecule has 2 saturated heterocycles. The molecule has 0 N–H and O–H groups in total. The number of rotatable bonds is 2. The Labute approximate surface area is 152 Å². The van der Waals surface area contributed by atoms with E-state index in [1.807, 2.05) is 16.7 Å². The minimum Gasteiger partial charge on any atom is -0.371 e. The number of fused-ring (bicyclic) bond motifs is 1. The van der Waals surface area contributed by atoms with Gasteiger partial charge < -0.3 is 14.5 Å². The number of benzene rings is 1. The molecule has 4 rings (SSSR count). The standard InChI is InChI=1S/C20H22N2O4/c1-13(17-18(23)14-5-2-3-6-15(14)19(17)24)21-8-10-22(11-9-21)20(25)16-7-4-12-26-16/h2-3,5-6,16H,4,7-12H2,1H3/t16-/m1/s1. The van der Waals surface area contributed by atoms with Crippen molar-refractivity contribution in [2.24, 2.45) is 0 Å². The van der Waals surface area contributed by atoms with Crippen LogP contribution in [0.5, 0.6) is 0 Å². The molecule has 1 aromatic carbocycles. The Morgan fingerprint density at radius 2 is 1.58 bits per heavy atom.